The molecule has 1 aromatic carbocycles. The van der Waals surface area contributed by atoms with Crippen LogP contribution in [0.4, 0.5) is 0 Å². The first-order chi connectivity index (χ1) is 10.7. The van der Waals surface area contributed by atoms with Crippen LogP contribution >= 0.6 is 6.72 Å². The summed E-state index contributed by atoms with van der Waals surface area (Å²) in [6.07, 6.45) is 3.20. The lowest BCUT2D eigenvalue weighted by Crippen LogP contribution is -2.15. The van der Waals surface area contributed by atoms with Gasteiger partial charge in [0.2, 0.25) is 0 Å². The van der Waals surface area contributed by atoms with E-state index in [-0.39, 0.29) is 12.0 Å². The molecule has 1 aromatic heterocycles. The molecule has 1 heterocycles. The largest absolute Gasteiger partial charge is 0.461 e. The SMILES string of the molecule is CCOC(=O)c1cncn1C(C)c1ccccc1.OP(O)(O)=S. The Bertz CT molecular complexity index is 663. The van der Waals surface area contributed by atoms with Crippen molar-refractivity contribution in [1.29, 1.82) is 0 Å². The van der Waals surface area contributed by atoms with E-state index in [1.807, 2.05) is 41.8 Å². The number of nitrogens with zero attached hydrogens (tertiary/aromatic N) is 2. The Morgan fingerprint density at radius 2 is 1.91 bits per heavy atom. The Hall–Kier alpha value is -1.57. The van der Waals surface area contributed by atoms with Crippen molar-refractivity contribution in [3.8, 4) is 0 Å². The van der Waals surface area contributed by atoms with Gasteiger partial charge in [-0.25, -0.2) is 9.78 Å². The Morgan fingerprint density at radius 1 is 1.35 bits per heavy atom. The van der Waals surface area contributed by atoms with Crippen LogP contribution in [0, 0.1) is 0 Å². The third-order valence-electron chi connectivity index (χ3n) is 2.85. The van der Waals surface area contributed by atoms with Gasteiger partial charge in [0.1, 0.15) is 5.69 Å². The highest BCUT2D eigenvalue weighted by Crippen LogP contribution is 2.26. The molecular formula is C14H19N2O5PS. The molecule has 2 aromatic rings. The van der Waals surface area contributed by atoms with Crippen molar-refractivity contribution in [2.45, 2.75) is 19.9 Å². The van der Waals surface area contributed by atoms with E-state index in [2.05, 4.69) is 16.8 Å². The third-order valence-corrected chi connectivity index (χ3v) is 2.85. The minimum Gasteiger partial charge on any atom is -0.461 e. The summed E-state index contributed by atoms with van der Waals surface area (Å²) in [5, 5.41) is 0. The number of carbonyl (C=O) groups excluding carboxylic acids is 1. The third kappa shape index (κ3) is 7.02. The van der Waals surface area contributed by atoms with Crippen LogP contribution in [-0.2, 0) is 16.5 Å². The van der Waals surface area contributed by atoms with E-state index < -0.39 is 6.72 Å². The summed E-state index contributed by atoms with van der Waals surface area (Å²) in [5.41, 5.74) is 1.61. The first-order valence-electron chi connectivity index (χ1n) is 6.76. The highest BCUT2D eigenvalue weighted by molar-refractivity contribution is 8.06. The molecule has 3 N–H and O–H groups in total. The minimum absolute atomic E-state index is 0.0492. The van der Waals surface area contributed by atoms with Crippen LogP contribution in [0.15, 0.2) is 42.9 Å². The zero-order valence-electron chi connectivity index (χ0n) is 12.7. The minimum atomic E-state index is -3.81. The summed E-state index contributed by atoms with van der Waals surface area (Å²) in [6, 6.07) is 10.0. The molecule has 23 heavy (non-hydrogen) atoms. The highest BCUT2D eigenvalue weighted by Gasteiger charge is 2.17. The first kappa shape index (κ1) is 19.5. The topological polar surface area (TPSA) is 105 Å². The molecule has 1 unspecified atom stereocenters. The summed E-state index contributed by atoms with van der Waals surface area (Å²) in [6.45, 7) is 0.378. The molecule has 126 valence electrons. The number of benzene rings is 1. The molecule has 0 saturated carbocycles. The van der Waals surface area contributed by atoms with Crippen LogP contribution in [0.1, 0.15) is 35.9 Å². The van der Waals surface area contributed by atoms with Crippen molar-refractivity contribution < 1.29 is 24.2 Å². The lowest BCUT2D eigenvalue weighted by atomic mass is 10.1. The lowest BCUT2D eigenvalue weighted by Gasteiger charge is -2.16. The van der Waals surface area contributed by atoms with E-state index in [1.165, 1.54) is 6.20 Å². The number of esters is 1. The maximum absolute atomic E-state index is 11.8. The van der Waals surface area contributed by atoms with Gasteiger partial charge >= 0.3 is 12.7 Å². The Kier molecular flexibility index (Phi) is 7.54. The van der Waals surface area contributed by atoms with Gasteiger partial charge in [0.15, 0.2) is 0 Å². The molecule has 9 heteroatoms. The fourth-order valence-corrected chi connectivity index (χ4v) is 1.87. The van der Waals surface area contributed by atoms with E-state index in [1.54, 1.807) is 13.3 Å². The summed E-state index contributed by atoms with van der Waals surface area (Å²) < 4.78 is 6.84. The Morgan fingerprint density at radius 3 is 2.43 bits per heavy atom. The van der Waals surface area contributed by atoms with E-state index in [4.69, 9.17) is 19.4 Å². The van der Waals surface area contributed by atoms with Crippen molar-refractivity contribution in [2.24, 2.45) is 0 Å². The van der Waals surface area contributed by atoms with Crippen molar-refractivity contribution in [2.75, 3.05) is 6.61 Å². The summed E-state index contributed by atoms with van der Waals surface area (Å²) in [4.78, 5) is 38.5. The average molecular weight is 358 g/mol. The molecule has 0 aliphatic rings. The fourth-order valence-electron chi connectivity index (χ4n) is 1.87. The molecule has 0 aliphatic heterocycles. The van der Waals surface area contributed by atoms with Gasteiger partial charge in [0, 0.05) is 0 Å². The quantitative estimate of drug-likeness (QED) is 0.566. The van der Waals surface area contributed by atoms with Crippen LogP contribution in [0.25, 0.3) is 0 Å². The number of carbonyl (C=O) groups is 1. The Labute approximate surface area is 139 Å². The van der Waals surface area contributed by atoms with Gasteiger partial charge in [-0.1, -0.05) is 30.3 Å². The normalized spacial score (nSPS) is 12.0. The van der Waals surface area contributed by atoms with E-state index in [0.717, 1.165) is 5.56 Å². The van der Waals surface area contributed by atoms with Crippen molar-refractivity contribution in [1.82, 2.24) is 9.55 Å². The molecule has 0 spiro atoms. The molecule has 0 aliphatic carbocycles. The van der Waals surface area contributed by atoms with E-state index in [9.17, 15) is 4.79 Å². The maximum atomic E-state index is 11.8. The Balaban J connectivity index is 0.000000463. The summed E-state index contributed by atoms with van der Waals surface area (Å²) in [7, 11) is 0. The van der Waals surface area contributed by atoms with Gasteiger partial charge < -0.3 is 24.0 Å². The number of rotatable bonds is 4. The van der Waals surface area contributed by atoms with Crippen LogP contribution in [0.3, 0.4) is 0 Å². The highest BCUT2D eigenvalue weighted by atomic mass is 32.5. The molecule has 0 fully saturated rings. The summed E-state index contributed by atoms with van der Waals surface area (Å²) >= 11 is 3.60. The smallest absolute Gasteiger partial charge is 0.356 e. The van der Waals surface area contributed by atoms with Gasteiger partial charge in [-0.2, -0.15) is 0 Å². The van der Waals surface area contributed by atoms with Gasteiger partial charge in [0.25, 0.3) is 0 Å². The number of hydrogen-bond donors (Lipinski definition) is 3. The van der Waals surface area contributed by atoms with Gasteiger partial charge in [0.05, 0.1) is 25.2 Å². The number of aromatic nitrogens is 2. The number of ether oxygens (including phenoxy) is 1. The van der Waals surface area contributed by atoms with E-state index in [0.29, 0.717) is 12.3 Å². The van der Waals surface area contributed by atoms with Crippen molar-refractivity contribution in [3.05, 3.63) is 54.1 Å². The van der Waals surface area contributed by atoms with Crippen LogP contribution < -0.4 is 0 Å². The monoisotopic (exact) mass is 358 g/mol. The van der Waals surface area contributed by atoms with Gasteiger partial charge in [-0.15, -0.1) is 0 Å². The van der Waals surface area contributed by atoms with Gasteiger partial charge in [-0.3, -0.25) is 0 Å². The second kappa shape index (κ2) is 8.90. The van der Waals surface area contributed by atoms with Crippen molar-refractivity contribution >= 4 is 24.5 Å². The zero-order valence-corrected chi connectivity index (χ0v) is 14.4. The van der Waals surface area contributed by atoms with Crippen molar-refractivity contribution in [3.63, 3.8) is 0 Å². The average Bonchev–Trinajstić information content (AvgIpc) is 2.95. The second-order valence-electron chi connectivity index (χ2n) is 4.51. The predicted molar refractivity (Wildman–Crippen MR) is 89.4 cm³/mol. The molecule has 0 bridgehead atoms. The number of imidazole rings is 1. The standard InChI is InChI=1S/C14H16N2O2.H3O3PS/c1-3-18-14(17)13-9-15-10-16(13)11(2)12-7-5-4-6-8-12;1-4(2,3)5/h4-11H,3H2,1-2H3;(H3,1,2,3,5). The van der Waals surface area contributed by atoms with Crippen LogP contribution in [0.2, 0.25) is 0 Å². The number of hydrogen-bond acceptors (Lipinski definition) is 4. The second-order valence-corrected chi connectivity index (χ2v) is 7.00. The molecule has 2 rings (SSSR count). The zero-order chi connectivity index (χ0) is 17.5. The fraction of sp³-hybridized carbons (Fsp3) is 0.286. The summed E-state index contributed by atoms with van der Waals surface area (Å²) in [5.74, 6) is -0.335. The maximum Gasteiger partial charge on any atom is 0.356 e. The molecule has 1 atom stereocenters. The van der Waals surface area contributed by atoms with Crippen LogP contribution in [0.5, 0.6) is 0 Å². The lowest BCUT2D eigenvalue weighted by molar-refractivity contribution is 0.0512. The predicted octanol–water partition coefficient (Wildman–Crippen LogP) is 1.86. The van der Waals surface area contributed by atoms with E-state index >= 15 is 0 Å². The molecular weight excluding hydrogens is 339 g/mol. The molecule has 0 radical (unpaired) electrons. The first-order valence-corrected chi connectivity index (χ1v) is 9.42. The van der Waals surface area contributed by atoms with Crippen LogP contribution in [-0.4, -0.2) is 36.8 Å². The molecule has 7 nitrogen and oxygen atoms in total. The molecule has 0 saturated heterocycles. The van der Waals surface area contributed by atoms with Gasteiger partial charge in [-0.05, 0) is 31.2 Å². The molecule has 0 amide bonds.